The summed E-state index contributed by atoms with van der Waals surface area (Å²) in [5.74, 6) is -1.48. The molecule has 0 N–H and O–H groups in total. The lowest BCUT2D eigenvalue weighted by atomic mass is 10.2. The van der Waals surface area contributed by atoms with Gasteiger partial charge in [0.1, 0.15) is 16.6 Å². The number of nitrogens with zero attached hydrogens (tertiary/aromatic N) is 2. The molecule has 3 aromatic rings. The third-order valence-corrected chi connectivity index (χ3v) is 5.00. The SMILES string of the molecule is Cc1ccc(N2C(=O)CC(Sc3nc4ccccc4o3)C2=O)c(F)c1. The first kappa shape index (κ1) is 15.8. The zero-order chi connectivity index (χ0) is 17.6. The Kier molecular flexibility index (Phi) is 3.80. The molecule has 7 heteroatoms. The van der Waals surface area contributed by atoms with Crippen LogP contribution < -0.4 is 4.90 Å². The average Bonchev–Trinajstić information content (AvgIpc) is 3.09. The maximum absolute atomic E-state index is 14.2. The highest BCUT2D eigenvalue weighted by molar-refractivity contribution is 8.00. The molecular weight excluding hydrogens is 343 g/mol. The minimum Gasteiger partial charge on any atom is -0.431 e. The van der Waals surface area contributed by atoms with Crippen LogP contribution >= 0.6 is 11.8 Å². The molecule has 1 atom stereocenters. The number of benzene rings is 2. The van der Waals surface area contributed by atoms with Gasteiger partial charge in [0, 0.05) is 6.42 Å². The van der Waals surface area contributed by atoms with Crippen molar-refractivity contribution in [3.8, 4) is 0 Å². The van der Waals surface area contributed by atoms with E-state index in [9.17, 15) is 14.0 Å². The summed E-state index contributed by atoms with van der Waals surface area (Å²) in [7, 11) is 0. The number of fused-ring (bicyclic) bond motifs is 1. The van der Waals surface area contributed by atoms with Crippen molar-refractivity contribution in [2.75, 3.05) is 4.90 Å². The number of hydrogen-bond acceptors (Lipinski definition) is 5. The summed E-state index contributed by atoms with van der Waals surface area (Å²) in [6.07, 6.45) is -0.0183. The fourth-order valence-corrected chi connectivity index (χ4v) is 3.73. The molecular formula is C18H13FN2O3S. The van der Waals surface area contributed by atoms with Gasteiger partial charge in [0.25, 0.3) is 5.22 Å². The molecule has 4 rings (SSSR count). The van der Waals surface area contributed by atoms with E-state index in [-0.39, 0.29) is 12.1 Å². The van der Waals surface area contributed by atoms with Crippen LogP contribution in [0.15, 0.2) is 52.1 Å². The second-order valence-electron chi connectivity index (χ2n) is 5.78. The molecule has 0 bridgehead atoms. The first-order valence-corrected chi connectivity index (χ1v) is 8.56. The first-order valence-electron chi connectivity index (χ1n) is 7.68. The van der Waals surface area contributed by atoms with Gasteiger partial charge in [-0.2, -0.15) is 0 Å². The number of aryl methyl sites for hydroxylation is 1. The van der Waals surface area contributed by atoms with Crippen molar-refractivity contribution < 1.29 is 18.4 Å². The van der Waals surface area contributed by atoms with Crippen molar-refractivity contribution in [2.24, 2.45) is 0 Å². The summed E-state index contributed by atoms with van der Waals surface area (Å²) < 4.78 is 19.7. The predicted octanol–water partition coefficient (Wildman–Crippen LogP) is 3.70. The van der Waals surface area contributed by atoms with E-state index in [2.05, 4.69) is 4.98 Å². The van der Waals surface area contributed by atoms with Crippen LogP contribution in [0, 0.1) is 12.7 Å². The molecule has 1 saturated heterocycles. The van der Waals surface area contributed by atoms with E-state index >= 15 is 0 Å². The van der Waals surface area contributed by atoms with Gasteiger partial charge in [-0.3, -0.25) is 9.59 Å². The highest BCUT2D eigenvalue weighted by Crippen LogP contribution is 2.35. The number of imide groups is 1. The highest BCUT2D eigenvalue weighted by Gasteiger charge is 2.42. The molecule has 5 nitrogen and oxygen atoms in total. The first-order chi connectivity index (χ1) is 12.0. The smallest absolute Gasteiger partial charge is 0.257 e. The van der Waals surface area contributed by atoms with Crippen molar-refractivity contribution in [1.29, 1.82) is 0 Å². The molecule has 1 unspecified atom stereocenters. The van der Waals surface area contributed by atoms with Crippen LogP contribution in [0.25, 0.3) is 11.1 Å². The molecule has 1 aliphatic rings. The number of carbonyl (C=O) groups excluding carboxylic acids is 2. The Morgan fingerprint density at radius 2 is 2.04 bits per heavy atom. The molecule has 1 fully saturated rings. The number of anilines is 1. The highest BCUT2D eigenvalue weighted by atomic mass is 32.2. The monoisotopic (exact) mass is 356 g/mol. The van der Waals surface area contributed by atoms with E-state index in [4.69, 9.17) is 4.42 Å². The van der Waals surface area contributed by atoms with E-state index < -0.39 is 22.9 Å². The van der Waals surface area contributed by atoms with Crippen LogP contribution in [-0.2, 0) is 9.59 Å². The number of rotatable bonds is 3. The molecule has 2 amide bonds. The number of hydrogen-bond donors (Lipinski definition) is 0. The van der Waals surface area contributed by atoms with E-state index in [1.807, 2.05) is 12.1 Å². The maximum Gasteiger partial charge on any atom is 0.257 e. The summed E-state index contributed by atoms with van der Waals surface area (Å²) in [6, 6.07) is 11.7. The van der Waals surface area contributed by atoms with Gasteiger partial charge in [0.15, 0.2) is 5.58 Å². The van der Waals surface area contributed by atoms with Gasteiger partial charge in [-0.1, -0.05) is 30.0 Å². The minimum absolute atomic E-state index is 0.0127. The normalized spacial score (nSPS) is 17.7. The third-order valence-electron chi connectivity index (χ3n) is 3.97. The Morgan fingerprint density at radius 1 is 1.24 bits per heavy atom. The lowest BCUT2D eigenvalue weighted by molar-refractivity contribution is -0.121. The zero-order valence-corrected chi connectivity index (χ0v) is 14.0. The van der Waals surface area contributed by atoms with Crippen molar-refractivity contribution in [1.82, 2.24) is 4.98 Å². The number of thioether (sulfide) groups is 1. The van der Waals surface area contributed by atoms with Crippen LogP contribution in [0.5, 0.6) is 0 Å². The molecule has 1 aromatic heterocycles. The summed E-state index contributed by atoms with van der Waals surface area (Å²) >= 11 is 1.08. The third kappa shape index (κ3) is 2.80. The second kappa shape index (κ2) is 6.00. The quantitative estimate of drug-likeness (QED) is 0.670. The summed E-state index contributed by atoms with van der Waals surface area (Å²) in [6.45, 7) is 1.74. The summed E-state index contributed by atoms with van der Waals surface area (Å²) in [5.41, 5.74) is 2.01. The van der Waals surface area contributed by atoms with Gasteiger partial charge < -0.3 is 4.42 Å². The Bertz CT molecular complexity index is 968. The predicted molar refractivity (Wildman–Crippen MR) is 91.9 cm³/mol. The van der Waals surface area contributed by atoms with Crippen LogP contribution in [0.2, 0.25) is 0 Å². The molecule has 2 heterocycles. The number of para-hydroxylation sites is 2. The Balaban J connectivity index is 1.60. The zero-order valence-electron chi connectivity index (χ0n) is 13.2. The van der Waals surface area contributed by atoms with E-state index in [1.165, 1.54) is 12.1 Å². The van der Waals surface area contributed by atoms with Crippen molar-refractivity contribution >= 4 is 40.4 Å². The van der Waals surface area contributed by atoms with Crippen LogP contribution in [0.1, 0.15) is 12.0 Å². The molecule has 126 valence electrons. The number of carbonyl (C=O) groups is 2. The fourth-order valence-electron chi connectivity index (χ4n) is 2.77. The second-order valence-corrected chi connectivity index (χ2v) is 6.93. The molecule has 0 saturated carbocycles. The summed E-state index contributed by atoms with van der Waals surface area (Å²) in [4.78, 5) is 30.1. The van der Waals surface area contributed by atoms with Gasteiger partial charge in [-0.15, -0.1) is 0 Å². The summed E-state index contributed by atoms with van der Waals surface area (Å²) in [5, 5.41) is -0.361. The number of oxazole rings is 1. The molecule has 1 aliphatic heterocycles. The lowest BCUT2D eigenvalue weighted by Crippen LogP contribution is -2.31. The van der Waals surface area contributed by atoms with Crippen molar-refractivity contribution in [2.45, 2.75) is 23.8 Å². The largest absolute Gasteiger partial charge is 0.431 e. The lowest BCUT2D eigenvalue weighted by Gasteiger charge is -2.15. The molecule has 0 spiro atoms. The number of halogens is 1. The number of amides is 2. The van der Waals surface area contributed by atoms with Crippen molar-refractivity contribution in [3.63, 3.8) is 0 Å². The van der Waals surface area contributed by atoms with Crippen LogP contribution in [0.3, 0.4) is 0 Å². The molecule has 25 heavy (non-hydrogen) atoms. The van der Waals surface area contributed by atoms with E-state index in [0.29, 0.717) is 16.3 Å². The Labute approximate surface area is 146 Å². The minimum atomic E-state index is -0.679. The average molecular weight is 356 g/mol. The van der Waals surface area contributed by atoms with Gasteiger partial charge >= 0.3 is 0 Å². The fraction of sp³-hybridized carbons (Fsp3) is 0.167. The molecule has 2 aromatic carbocycles. The van der Waals surface area contributed by atoms with Gasteiger partial charge in [-0.25, -0.2) is 14.3 Å². The van der Waals surface area contributed by atoms with Crippen molar-refractivity contribution in [3.05, 3.63) is 53.8 Å². The topological polar surface area (TPSA) is 63.4 Å². The maximum atomic E-state index is 14.2. The molecule has 0 aliphatic carbocycles. The van der Waals surface area contributed by atoms with Gasteiger partial charge in [0.05, 0.1) is 5.69 Å². The standard InChI is InChI=1S/C18H13FN2O3S/c1-10-6-7-13(11(19)8-10)21-16(22)9-15(17(21)23)25-18-20-12-4-2-3-5-14(12)24-18/h2-8,15H,9H2,1H3. The molecule has 0 radical (unpaired) electrons. The van der Waals surface area contributed by atoms with Gasteiger partial charge in [0.2, 0.25) is 11.8 Å². The van der Waals surface area contributed by atoms with E-state index in [1.54, 1.807) is 25.1 Å². The van der Waals surface area contributed by atoms with Crippen LogP contribution in [0.4, 0.5) is 10.1 Å². The van der Waals surface area contributed by atoms with Gasteiger partial charge in [-0.05, 0) is 36.8 Å². The van der Waals surface area contributed by atoms with Crippen LogP contribution in [-0.4, -0.2) is 22.0 Å². The van der Waals surface area contributed by atoms with E-state index in [0.717, 1.165) is 22.2 Å². The Morgan fingerprint density at radius 3 is 2.80 bits per heavy atom. The Hall–Kier alpha value is -2.67. The number of aromatic nitrogens is 1.